The summed E-state index contributed by atoms with van der Waals surface area (Å²) >= 11 is 5.79. The molecule has 21 heavy (non-hydrogen) atoms. The van der Waals surface area contributed by atoms with Crippen LogP contribution in [0.5, 0.6) is 0 Å². The number of carbonyl (C=O) groups is 2. The molecule has 2 amide bonds. The number of rotatable bonds is 2. The highest BCUT2D eigenvalue weighted by Crippen LogP contribution is 2.19. The zero-order valence-corrected chi connectivity index (χ0v) is 12.8. The Labute approximate surface area is 127 Å². The lowest BCUT2D eigenvalue weighted by Crippen LogP contribution is -2.43. The summed E-state index contributed by atoms with van der Waals surface area (Å²) in [6.45, 7) is 0. The van der Waals surface area contributed by atoms with Crippen molar-refractivity contribution in [2.24, 2.45) is 0 Å². The zero-order chi connectivity index (χ0) is 15.6. The van der Waals surface area contributed by atoms with Crippen molar-refractivity contribution in [3.05, 3.63) is 23.5 Å². The molecule has 0 aliphatic carbocycles. The Morgan fingerprint density at radius 1 is 1.48 bits per heavy atom. The van der Waals surface area contributed by atoms with E-state index in [0.717, 1.165) is 4.90 Å². The Balaban J connectivity index is 2.03. The molecule has 0 radical (unpaired) electrons. The van der Waals surface area contributed by atoms with E-state index in [-0.39, 0.29) is 22.3 Å². The molecule has 1 aliphatic heterocycles. The molecular formula is C12H14ClN3O4S. The van der Waals surface area contributed by atoms with Crippen LogP contribution >= 0.6 is 11.6 Å². The molecule has 2 heterocycles. The zero-order valence-electron chi connectivity index (χ0n) is 11.2. The summed E-state index contributed by atoms with van der Waals surface area (Å²) in [4.78, 5) is 28.8. The van der Waals surface area contributed by atoms with E-state index >= 15 is 0 Å². The molecule has 9 heteroatoms. The lowest BCUT2D eigenvalue weighted by atomic mass is 10.2. The quantitative estimate of drug-likeness (QED) is 0.622. The molecule has 1 atom stereocenters. The van der Waals surface area contributed by atoms with Crippen molar-refractivity contribution in [2.75, 3.05) is 23.9 Å². The van der Waals surface area contributed by atoms with Gasteiger partial charge in [0.15, 0.2) is 15.0 Å². The van der Waals surface area contributed by atoms with Crippen molar-refractivity contribution < 1.29 is 18.0 Å². The van der Waals surface area contributed by atoms with Gasteiger partial charge in [-0.3, -0.25) is 9.59 Å². The fourth-order valence-corrected chi connectivity index (χ4v) is 4.00. The van der Waals surface area contributed by atoms with Crippen LogP contribution in [0.15, 0.2) is 18.3 Å². The second kappa shape index (κ2) is 5.98. The highest BCUT2D eigenvalue weighted by Gasteiger charge is 2.34. The lowest BCUT2D eigenvalue weighted by Gasteiger charge is -2.22. The van der Waals surface area contributed by atoms with Crippen molar-refractivity contribution in [1.82, 2.24) is 9.88 Å². The van der Waals surface area contributed by atoms with E-state index in [2.05, 4.69) is 10.3 Å². The molecule has 114 valence electrons. The van der Waals surface area contributed by atoms with Crippen LogP contribution in [0.25, 0.3) is 0 Å². The molecule has 2 rings (SSSR count). The number of sulfone groups is 1. The van der Waals surface area contributed by atoms with Crippen LogP contribution in [0.4, 0.5) is 5.69 Å². The number of likely N-dealkylation sites (N-methyl/N-ethyl adjacent to an activating group) is 1. The molecule has 7 nitrogen and oxygen atoms in total. The summed E-state index contributed by atoms with van der Waals surface area (Å²) in [6.07, 6.45) is 1.79. The Kier molecular flexibility index (Phi) is 4.48. The highest BCUT2D eigenvalue weighted by molar-refractivity contribution is 7.91. The molecule has 1 N–H and O–H groups in total. The monoisotopic (exact) mass is 331 g/mol. The number of anilines is 1. The Morgan fingerprint density at radius 3 is 2.76 bits per heavy atom. The maximum absolute atomic E-state index is 12.0. The second-order valence-electron chi connectivity index (χ2n) is 4.77. The number of pyridine rings is 1. The van der Waals surface area contributed by atoms with E-state index in [1.165, 1.54) is 19.3 Å². The van der Waals surface area contributed by atoms with Gasteiger partial charge in [-0.15, -0.1) is 0 Å². The third kappa shape index (κ3) is 3.70. The van der Waals surface area contributed by atoms with Crippen LogP contribution in [0, 0.1) is 0 Å². The topological polar surface area (TPSA) is 96.4 Å². The van der Waals surface area contributed by atoms with E-state index in [1.807, 2.05) is 0 Å². The van der Waals surface area contributed by atoms with E-state index in [9.17, 15) is 18.0 Å². The number of aromatic nitrogens is 1. The van der Waals surface area contributed by atoms with Crippen molar-refractivity contribution in [3.63, 3.8) is 0 Å². The molecule has 1 aromatic rings. The summed E-state index contributed by atoms with van der Waals surface area (Å²) in [5.74, 6) is -1.77. The molecule has 1 aliphatic rings. The Bertz CT molecular complexity index is 677. The standard InChI is InChI=1S/C12H14ClN3O4S/c1-16(8-4-6-21(19,20)7-8)12(18)11(17)15-9-3-2-5-14-10(9)13/h2-3,5,8H,4,6-7H2,1H3,(H,15,17). The largest absolute Gasteiger partial charge is 0.333 e. The van der Waals surface area contributed by atoms with Gasteiger partial charge in [0, 0.05) is 19.3 Å². The molecule has 1 aromatic heterocycles. The van der Waals surface area contributed by atoms with Crippen LogP contribution in [-0.2, 0) is 19.4 Å². The number of nitrogens with zero attached hydrogens (tertiary/aromatic N) is 2. The van der Waals surface area contributed by atoms with Crippen LogP contribution < -0.4 is 5.32 Å². The van der Waals surface area contributed by atoms with Crippen LogP contribution in [0.1, 0.15) is 6.42 Å². The number of hydrogen-bond acceptors (Lipinski definition) is 5. The molecule has 0 saturated carbocycles. The summed E-state index contributed by atoms with van der Waals surface area (Å²) in [5, 5.41) is 2.43. The van der Waals surface area contributed by atoms with Gasteiger partial charge in [0.05, 0.1) is 17.2 Å². The average Bonchev–Trinajstić information content (AvgIpc) is 2.80. The Hall–Kier alpha value is -1.67. The van der Waals surface area contributed by atoms with Gasteiger partial charge in [-0.1, -0.05) is 11.6 Å². The number of nitrogens with one attached hydrogen (secondary N) is 1. The average molecular weight is 332 g/mol. The van der Waals surface area contributed by atoms with Crippen LogP contribution in [0.2, 0.25) is 5.15 Å². The van der Waals surface area contributed by atoms with Crippen molar-refractivity contribution in [1.29, 1.82) is 0 Å². The minimum Gasteiger partial charge on any atom is -0.333 e. The molecule has 1 fully saturated rings. The van der Waals surface area contributed by atoms with Gasteiger partial charge >= 0.3 is 11.8 Å². The minimum absolute atomic E-state index is 0.0331. The normalized spacial score (nSPS) is 20.0. The van der Waals surface area contributed by atoms with Gasteiger partial charge in [0.1, 0.15) is 0 Å². The van der Waals surface area contributed by atoms with Gasteiger partial charge in [0.25, 0.3) is 0 Å². The summed E-state index contributed by atoms with van der Waals surface area (Å²) in [5.41, 5.74) is 0.227. The van der Waals surface area contributed by atoms with E-state index in [1.54, 1.807) is 6.07 Å². The van der Waals surface area contributed by atoms with Gasteiger partial charge in [-0.25, -0.2) is 13.4 Å². The van der Waals surface area contributed by atoms with Crippen LogP contribution in [-0.4, -0.2) is 54.7 Å². The predicted molar refractivity (Wildman–Crippen MR) is 77.7 cm³/mol. The minimum atomic E-state index is -3.12. The SMILES string of the molecule is CN(C(=O)C(=O)Nc1cccnc1Cl)C1CCS(=O)(=O)C1. The number of halogens is 1. The molecule has 0 spiro atoms. The van der Waals surface area contributed by atoms with Crippen LogP contribution in [0.3, 0.4) is 0 Å². The predicted octanol–water partition coefficient (Wildman–Crippen LogP) is 0.319. The molecule has 1 unspecified atom stereocenters. The molecule has 1 saturated heterocycles. The van der Waals surface area contributed by atoms with E-state index in [0.29, 0.717) is 6.42 Å². The number of amides is 2. The number of carbonyl (C=O) groups excluding carboxylic acids is 2. The molecule has 0 aromatic carbocycles. The van der Waals surface area contributed by atoms with Gasteiger partial charge in [0.2, 0.25) is 0 Å². The van der Waals surface area contributed by atoms with Crippen molar-refractivity contribution in [3.8, 4) is 0 Å². The third-order valence-corrected chi connectivity index (χ3v) is 5.33. The van der Waals surface area contributed by atoms with Gasteiger partial charge < -0.3 is 10.2 Å². The summed E-state index contributed by atoms with van der Waals surface area (Å²) < 4.78 is 22.8. The van der Waals surface area contributed by atoms with E-state index in [4.69, 9.17) is 11.6 Å². The first-order valence-electron chi connectivity index (χ1n) is 6.19. The fraction of sp³-hybridized carbons (Fsp3) is 0.417. The van der Waals surface area contributed by atoms with Crippen molar-refractivity contribution in [2.45, 2.75) is 12.5 Å². The first-order valence-corrected chi connectivity index (χ1v) is 8.39. The smallest absolute Gasteiger partial charge is 0.313 e. The Morgan fingerprint density at radius 2 is 2.19 bits per heavy atom. The second-order valence-corrected chi connectivity index (χ2v) is 7.36. The highest BCUT2D eigenvalue weighted by atomic mass is 35.5. The van der Waals surface area contributed by atoms with Gasteiger partial charge in [-0.2, -0.15) is 0 Å². The van der Waals surface area contributed by atoms with Gasteiger partial charge in [-0.05, 0) is 18.6 Å². The summed E-state index contributed by atoms with van der Waals surface area (Å²) in [6, 6.07) is 2.61. The summed E-state index contributed by atoms with van der Waals surface area (Å²) in [7, 11) is -1.71. The molecular weight excluding hydrogens is 318 g/mol. The fourth-order valence-electron chi connectivity index (χ4n) is 2.06. The first-order chi connectivity index (χ1) is 9.80. The van der Waals surface area contributed by atoms with E-state index < -0.39 is 27.7 Å². The molecule has 0 bridgehead atoms. The lowest BCUT2D eigenvalue weighted by molar-refractivity contribution is -0.143. The maximum atomic E-state index is 12.0. The number of hydrogen-bond donors (Lipinski definition) is 1. The van der Waals surface area contributed by atoms with Crippen molar-refractivity contribution >= 4 is 38.9 Å². The maximum Gasteiger partial charge on any atom is 0.313 e. The first kappa shape index (κ1) is 15.7. The third-order valence-electron chi connectivity index (χ3n) is 3.28.